The number of carbonyl (C=O) groups excluding carboxylic acids is 1. The number of nitrogens with one attached hydrogen (secondary N) is 2. The first-order chi connectivity index (χ1) is 9.08. The first-order valence-electron chi connectivity index (χ1n) is 6.36. The second kappa shape index (κ2) is 5.69. The van der Waals surface area contributed by atoms with Crippen LogP contribution < -0.4 is 10.6 Å². The third kappa shape index (κ3) is 3.43. The summed E-state index contributed by atoms with van der Waals surface area (Å²) in [5, 5.41) is 14.9. The van der Waals surface area contributed by atoms with Gasteiger partial charge in [0.05, 0.1) is 11.6 Å². The highest BCUT2D eigenvalue weighted by Gasteiger charge is 2.21. The molecule has 1 fully saturated rings. The number of pyridine rings is 1. The quantitative estimate of drug-likeness (QED) is 0.738. The lowest BCUT2D eigenvalue weighted by Gasteiger charge is -2.13. The molecule has 19 heavy (non-hydrogen) atoms. The van der Waals surface area contributed by atoms with Gasteiger partial charge in [-0.3, -0.25) is 4.79 Å². The van der Waals surface area contributed by atoms with Gasteiger partial charge in [-0.15, -0.1) is 0 Å². The molecule has 0 aromatic carbocycles. The Morgan fingerprint density at radius 3 is 2.95 bits per heavy atom. The molecule has 1 aliphatic rings. The number of amides is 1. The van der Waals surface area contributed by atoms with Crippen LogP contribution in [0.4, 0.5) is 5.82 Å². The summed E-state index contributed by atoms with van der Waals surface area (Å²) >= 11 is 0. The molecule has 1 atom stereocenters. The zero-order valence-electron chi connectivity index (χ0n) is 10.8. The second-order valence-electron chi connectivity index (χ2n) is 4.64. The molecule has 0 aliphatic carbocycles. The van der Waals surface area contributed by atoms with Crippen LogP contribution in [0.2, 0.25) is 0 Å². The SMILES string of the molecule is CCCc1cc(C(=O)O)cc(NC2CNC(=O)C2)n1. The fourth-order valence-corrected chi connectivity index (χ4v) is 2.09. The number of hydrogen-bond donors (Lipinski definition) is 3. The molecule has 1 aromatic heterocycles. The Morgan fingerprint density at radius 2 is 2.37 bits per heavy atom. The summed E-state index contributed by atoms with van der Waals surface area (Å²) in [6.07, 6.45) is 2.03. The van der Waals surface area contributed by atoms with Crippen LogP contribution in [0.15, 0.2) is 12.1 Å². The molecule has 1 saturated heterocycles. The fraction of sp³-hybridized carbons (Fsp3) is 0.462. The van der Waals surface area contributed by atoms with Crippen molar-refractivity contribution in [3.63, 3.8) is 0 Å². The van der Waals surface area contributed by atoms with Crippen molar-refractivity contribution in [1.29, 1.82) is 0 Å². The van der Waals surface area contributed by atoms with E-state index in [1.165, 1.54) is 6.07 Å². The molecular formula is C13H17N3O3. The lowest BCUT2D eigenvalue weighted by atomic mass is 10.1. The summed E-state index contributed by atoms with van der Waals surface area (Å²) in [7, 11) is 0. The maximum Gasteiger partial charge on any atom is 0.335 e. The number of carboxylic acid groups (broad SMARTS) is 1. The van der Waals surface area contributed by atoms with Crippen molar-refractivity contribution in [2.75, 3.05) is 11.9 Å². The highest BCUT2D eigenvalue weighted by atomic mass is 16.4. The van der Waals surface area contributed by atoms with E-state index in [-0.39, 0.29) is 17.5 Å². The highest BCUT2D eigenvalue weighted by Crippen LogP contribution is 2.15. The molecule has 0 bridgehead atoms. The van der Waals surface area contributed by atoms with Crippen molar-refractivity contribution in [3.05, 3.63) is 23.4 Å². The maximum atomic E-state index is 11.1. The van der Waals surface area contributed by atoms with E-state index in [9.17, 15) is 9.59 Å². The minimum Gasteiger partial charge on any atom is -0.478 e. The van der Waals surface area contributed by atoms with Crippen molar-refractivity contribution in [3.8, 4) is 0 Å². The highest BCUT2D eigenvalue weighted by molar-refractivity contribution is 5.88. The molecule has 3 N–H and O–H groups in total. The molecule has 1 unspecified atom stereocenters. The average molecular weight is 263 g/mol. The molecule has 1 aliphatic heterocycles. The topological polar surface area (TPSA) is 91.3 Å². The molecule has 6 heteroatoms. The zero-order chi connectivity index (χ0) is 13.8. The third-order valence-electron chi connectivity index (χ3n) is 2.96. The molecule has 1 amide bonds. The first-order valence-corrected chi connectivity index (χ1v) is 6.36. The molecule has 102 valence electrons. The van der Waals surface area contributed by atoms with Crippen LogP contribution in [0.3, 0.4) is 0 Å². The summed E-state index contributed by atoms with van der Waals surface area (Å²) in [5.74, 6) is -0.450. The molecular weight excluding hydrogens is 246 g/mol. The van der Waals surface area contributed by atoms with E-state index in [1.807, 2.05) is 6.92 Å². The lowest BCUT2D eigenvalue weighted by molar-refractivity contribution is -0.119. The summed E-state index contributed by atoms with van der Waals surface area (Å²) in [4.78, 5) is 26.6. The molecule has 0 spiro atoms. The largest absolute Gasteiger partial charge is 0.478 e. The third-order valence-corrected chi connectivity index (χ3v) is 2.96. The van der Waals surface area contributed by atoms with E-state index in [4.69, 9.17) is 5.11 Å². The minimum absolute atomic E-state index is 0.000621. The van der Waals surface area contributed by atoms with Crippen molar-refractivity contribution in [2.45, 2.75) is 32.2 Å². The van der Waals surface area contributed by atoms with Crippen LogP contribution in [-0.4, -0.2) is 34.6 Å². The van der Waals surface area contributed by atoms with Crippen LogP contribution >= 0.6 is 0 Å². The molecule has 2 rings (SSSR count). The Morgan fingerprint density at radius 1 is 1.58 bits per heavy atom. The number of hydrogen-bond acceptors (Lipinski definition) is 4. The van der Waals surface area contributed by atoms with E-state index in [0.717, 1.165) is 18.5 Å². The molecule has 6 nitrogen and oxygen atoms in total. The maximum absolute atomic E-state index is 11.1. The number of carboxylic acids is 1. The van der Waals surface area contributed by atoms with Crippen molar-refractivity contribution < 1.29 is 14.7 Å². The standard InChI is InChI=1S/C13H17N3O3/c1-2-3-9-4-8(13(18)19)5-11(15-9)16-10-6-12(17)14-7-10/h4-5,10H,2-3,6-7H2,1H3,(H,14,17)(H,15,16)(H,18,19). The van der Waals surface area contributed by atoms with Gasteiger partial charge in [0.15, 0.2) is 0 Å². The Labute approximate surface area is 111 Å². The summed E-state index contributed by atoms with van der Waals surface area (Å²) in [6, 6.07) is 3.07. The Kier molecular flexibility index (Phi) is 3.99. The van der Waals surface area contributed by atoms with E-state index >= 15 is 0 Å². The van der Waals surface area contributed by atoms with Crippen LogP contribution in [0.5, 0.6) is 0 Å². The van der Waals surface area contributed by atoms with Gasteiger partial charge in [-0.1, -0.05) is 13.3 Å². The first kappa shape index (κ1) is 13.3. The number of carbonyl (C=O) groups is 2. The monoisotopic (exact) mass is 263 g/mol. The summed E-state index contributed by atoms with van der Waals surface area (Å²) in [5.41, 5.74) is 0.973. The number of anilines is 1. The smallest absolute Gasteiger partial charge is 0.335 e. The van der Waals surface area contributed by atoms with Gasteiger partial charge in [0, 0.05) is 18.7 Å². The normalized spacial score (nSPS) is 18.2. The van der Waals surface area contributed by atoms with Crippen LogP contribution in [0, 0.1) is 0 Å². The van der Waals surface area contributed by atoms with E-state index < -0.39 is 5.97 Å². The fourth-order valence-electron chi connectivity index (χ4n) is 2.09. The number of nitrogens with zero attached hydrogens (tertiary/aromatic N) is 1. The van der Waals surface area contributed by atoms with Gasteiger partial charge in [-0.25, -0.2) is 9.78 Å². The van der Waals surface area contributed by atoms with E-state index in [2.05, 4.69) is 15.6 Å². The molecule has 0 radical (unpaired) electrons. The Bertz CT molecular complexity index is 502. The molecule has 1 aromatic rings. The number of aryl methyl sites for hydroxylation is 1. The Balaban J connectivity index is 2.18. The van der Waals surface area contributed by atoms with E-state index in [0.29, 0.717) is 18.8 Å². The van der Waals surface area contributed by atoms with Crippen molar-refractivity contribution >= 4 is 17.7 Å². The van der Waals surface area contributed by atoms with Crippen molar-refractivity contribution in [1.82, 2.24) is 10.3 Å². The number of aromatic nitrogens is 1. The van der Waals surface area contributed by atoms with Gasteiger partial charge in [0.25, 0.3) is 0 Å². The predicted octanol–water partition coefficient (Wildman–Crippen LogP) is 1.03. The molecule has 0 saturated carbocycles. The average Bonchev–Trinajstić information content (AvgIpc) is 2.75. The second-order valence-corrected chi connectivity index (χ2v) is 4.64. The zero-order valence-corrected chi connectivity index (χ0v) is 10.8. The van der Waals surface area contributed by atoms with Crippen LogP contribution in [0.1, 0.15) is 35.8 Å². The minimum atomic E-state index is -0.969. The van der Waals surface area contributed by atoms with Crippen molar-refractivity contribution in [2.24, 2.45) is 0 Å². The van der Waals surface area contributed by atoms with Crippen LogP contribution in [0.25, 0.3) is 0 Å². The van der Waals surface area contributed by atoms with Gasteiger partial charge < -0.3 is 15.7 Å². The number of aromatic carboxylic acids is 1. The predicted molar refractivity (Wildman–Crippen MR) is 70.2 cm³/mol. The van der Waals surface area contributed by atoms with Crippen LogP contribution in [-0.2, 0) is 11.2 Å². The summed E-state index contributed by atoms with van der Waals surface area (Å²) < 4.78 is 0. The lowest BCUT2D eigenvalue weighted by Crippen LogP contribution is -2.23. The van der Waals surface area contributed by atoms with Gasteiger partial charge in [-0.05, 0) is 18.6 Å². The van der Waals surface area contributed by atoms with Gasteiger partial charge >= 0.3 is 5.97 Å². The number of rotatable bonds is 5. The van der Waals surface area contributed by atoms with Gasteiger partial charge in [0.2, 0.25) is 5.91 Å². The molecule has 2 heterocycles. The van der Waals surface area contributed by atoms with E-state index in [1.54, 1.807) is 6.07 Å². The van der Waals surface area contributed by atoms with Gasteiger partial charge in [-0.2, -0.15) is 0 Å². The Hall–Kier alpha value is -2.11. The summed E-state index contributed by atoms with van der Waals surface area (Å²) in [6.45, 7) is 2.56. The van der Waals surface area contributed by atoms with Gasteiger partial charge in [0.1, 0.15) is 5.82 Å².